The molecule has 0 radical (unpaired) electrons. The van der Waals surface area contributed by atoms with Crippen molar-refractivity contribution in [3.63, 3.8) is 0 Å². The summed E-state index contributed by atoms with van der Waals surface area (Å²) in [4.78, 5) is 1.29. The van der Waals surface area contributed by atoms with Crippen LogP contribution in [0.1, 0.15) is 11.6 Å². The van der Waals surface area contributed by atoms with E-state index in [-0.39, 0.29) is 6.04 Å². The van der Waals surface area contributed by atoms with E-state index < -0.39 is 0 Å². The van der Waals surface area contributed by atoms with Gasteiger partial charge in [-0.25, -0.2) is 0 Å². The highest BCUT2D eigenvalue weighted by atomic mass is 35.5. The van der Waals surface area contributed by atoms with Gasteiger partial charge in [0.15, 0.2) is 0 Å². The molecule has 0 heterocycles. The molecule has 1 unspecified atom stereocenters. The summed E-state index contributed by atoms with van der Waals surface area (Å²) in [7, 11) is 1.93. The average Bonchev–Trinajstić information content (AvgIpc) is 2.21. The lowest BCUT2D eigenvalue weighted by atomic mass is 10.1. The van der Waals surface area contributed by atoms with E-state index >= 15 is 0 Å². The van der Waals surface area contributed by atoms with Gasteiger partial charge in [0.1, 0.15) is 0 Å². The SMILES string of the molecule is CNC(CCl)c1ccc(SC)cc1. The molecule has 1 nitrogen and oxygen atoms in total. The molecule has 0 aliphatic rings. The molecule has 1 rings (SSSR count). The number of alkyl halides is 1. The summed E-state index contributed by atoms with van der Waals surface area (Å²) in [6.07, 6.45) is 2.08. The molecular weight excluding hydrogens is 202 g/mol. The van der Waals surface area contributed by atoms with Crippen molar-refractivity contribution in [3.8, 4) is 0 Å². The van der Waals surface area contributed by atoms with Crippen LogP contribution < -0.4 is 5.32 Å². The van der Waals surface area contributed by atoms with Crippen LogP contribution in [0.3, 0.4) is 0 Å². The van der Waals surface area contributed by atoms with E-state index in [9.17, 15) is 0 Å². The van der Waals surface area contributed by atoms with E-state index in [2.05, 4.69) is 35.8 Å². The third-order valence-corrected chi connectivity index (χ3v) is 3.07. The third-order valence-electron chi connectivity index (χ3n) is 2.02. The summed E-state index contributed by atoms with van der Waals surface area (Å²) in [6.45, 7) is 0. The zero-order valence-electron chi connectivity index (χ0n) is 7.88. The Balaban J connectivity index is 2.78. The second kappa shape index (κ2) is 5.53. The van der Waals surface area contributed by atoms with Crippen LogP contribution in [0.5, 0.6) is 0 Å². The zero-order valence-corrected chi connectivity index (χ0v) is 9.45. The topological polar surface area (TPSA) is 12.0 Å². The lowest BCUT2D eigenvalue weighted by Gasteiger charge is -2.13. The van der Waals surface area contributed by atoms with Crippen LogP contribution in [0.2, 0.25) is 0 Å². The van der Waals surface area contributed by atoms with Gasteiger partial charge < -0.3 is 5.32 Å². The maximum Gasteiger partial charge on any atom is 0.0455 e. The van der Waals surface area contributed by atoms with Gasteiger partial charge in [-0.15, -0.1) is 23.4 Å². The minimum atomic E-state index is 0.262. The van der Waals surface area contributed by atoms with E-state index in [1.807, 2.05) is 7.05 Å². The fourth-order valence-electron chi connectivity index (χ4n) is 1.17. The summed E-state index contributed by atoms with van der Waals surface area (Å²) in [5, 5.41) is 3.17. The molecule has 0 aliphatic carbocycles. The highest BCUT2D eigenvalue weighted by Crippen LogP contribution is 2.19. The van der Waals surface area contributed by atoms with E-state index in [1.165, 1.54) is 10.5 Å². The minimum Gasteiger partial charge on any atom is -0.312 e. The Labute approximate surface area is 88.9 Å². The van der Waals surface area contributed by atoms with Gasteiger partial charge in [-0.3, -0.25) is 0 Å². The quantitative estimate of drug-likeness (QED) is 0.613. The number of nitrogens with one attached hydrogen (secondary N) is 1. The van der Waals surface area contributed by atoms with Crippen molar-refractivity contribution in [1.82, 2.24) is 5.32 Å². The van der Waals surface area contributed by atoms with Gasteiger partial charge in [-0.05, 0) is 31.0 Å². The van der Waals surface area contributed by atoms with Crippen LogP contribution in [0.25, 0.3) is 0 Å². The monoisotopic (exact) mass is 215 g/mol. The number of halogens is 1. The van der Waals surface area contributed by atoms with Gasteiger partial charge >= 0.3 is 0 Å². The van der Waals surface area contributed by atoms with Crippen LogP contribution in [0.15, 0.2) is 29.2 Å². The Morgan fingerprint density at radius 3 is 2.38 bits per heavy atom. The zero-order chi connectivity index (χ0) is 9.68. The second-order valence-electron chi connectivity index (χ2n) is 2.77. The van der Waals surface area contributed by atoms with Crippen LogP contribution in [0.4, 0.5) is 0 Å². The standard InChI is InChI=1S/C10H14ClNS/c1-12-10(7-11)8-3-5-9(13-2)6-4-8/h3-6,10,12H,7H2,1-2H3. The van der Waals surface area contributed by atoms with Crippen LogP contribution in [0, 0.1) is 0 Å². The Morgan fingerprint density at radius 2 is 2.00 bits per heavy atom. The number of benzene rings is 1. The van der Waals surface area contributed by atoms with Gasteiger partial charge in [-0.2, -0.15) is 0 Å². The molecule has 13 heavy (non-hydrogen) atoms. The van der Waals surface area contributed by atoms with Crippen LogP contribution in [-0.2, 0) is 0 Å². The lowest BCUT2D eigenvalue weighted by molar-refractivity contribution is 0.658. The molecule has 0 amide bonds. The molecule has 1 atom stereocenters. The molecule has 1 aromatic rings. The predicted octanol–water partition coefficient (Wildman–Crippen LogP) is 2.91. The Hall–Kier alpha value is -0.180. The summed E-state index contributed by atoms with van der Waals surface area (Å²) in [5.41, 5.74) is 1.25. The van der Waals surface area contributed by atoms with Gasteiger partial charge in [0.05, 0.1) is 0 Å². The van der Waals surface area contributed by atoms with Crippen molar-refractivity contribution >= 4 is 23.4 Å². The lowest BCUT2D eigenvalue weighted by Crippen LogP contribution is -2.17. The van der Waals surface area contributed by atoms with Gasteiger partial charge in [0.25, 0.3) is 0 Å². The van der Waals surface area contributed by atoms with Crippen molar-refractivity contribution < 1.29 is 0 Å². The highest BCUT2D eigenvalue weighted by molar-refractivity contribution is 7.98. The highest BCUT2D eigenvalue weighted by Gasteiger charge is 2.06. The first-order valence-corrected chi connectivity index (χ1v) is 5.95. The first-order valence-electron chi connectivity index (χ1n) is 4.19. The Bertz CT molecular complexity index is 244. The number of thioether (sulfide) groups is 1. The van der Waals surface area contributed by atoms with E-state index in [0.29, 0.717) is 5.88 Å². The molecule has 0 bridgehead atoms. The van der Waals surface area contributed by atoms with Gasteiger partial charge in [-0.1, -0.05) is 12.1 Å². The first kappa shape index (κ1) is 10.9. The van der Waals surface area contributed by atoms with Crippen molar-refractivity contribution in [2.24, 2.45) is 0 Å². The number of hydrogen-bond donors (Lipinski definition) is 1. The van der Waals surface area contributed by atoms with Gasteiger partial charge in [0, 0.05) is 16.8 Å². The smallest absolute Gasteiger partial charge is 0.0455 e. The molecule has 1 N–H and O–H groups in total. The van der Waals surface area contributed by atoms with E-state index in [1.54, 1.807) is 11.8 Å². The number of rotatable bonds is 4. The number of hydrogen-bond acceptors (Lipinski definition) is 2. The molecule has 0 fully saturated rings. The van der Waals surface area contributed by atoms with Crippen molar-refractivity contribution in [2.45, 2.75) is 10.9 Å². The molecule has 0 spiro atoms. The molecule has 0 aliphatic heterocycles. The molecule has 0 saturated heterocycles. The molecule has 3 heteroatoms. The average molecular weight is 216 g/mol. The summed E-state index contributed by atoms with van der Waals surface area (Å²) >= 11 is 7.56. The summed E-state index contributed by atoms with van der Waals surface area (Å²) in [6, 6.07) is 8.75. The van der Waals surface area contributed by atoms with Crippen molar-refractivity contribution in [2.75, 3.05) is 19.2 Å². The van der Waals surface area contributed by atoms with Crippen LogP contribution >= 0.6 is 23.4 Å². The van der Waals surface area contributed by atoms with E-state index in [0.717, 1.165) is 0 Å². The normalized spacial score (nSPS) is 12.8. The first-order chi connectivity index (χ1) is 6.31. The fourth-order valence-corrected chi connectivity index (χ4v) is 1.91. The molecule has 0 aromatic heterocycles. The minimum absolute atomic E-state index is 0.262. The van der Waals surface area contributed by atoms with E-state index in [4.69, 9.17) is 11.6 Å². The maximum atomic E-state index is 5.81. The molecule has 0 saturated carbocycles. The fraction of sp³-hybridized carbons (Fsp3) is 0.400. The molecular formula is C10H14ClNS. The van der Waals surface area contributed by atoms with Gasteiger partial charge in [0.2, 0.25) is 0 Å². The second-order valence-corrected chi connectivity index (χ2v) is 3.96. The predicted molar refractivity (Wildman–Crippen MR) is 60.7 cm³/mol. The molecule has 1 aromatic carbocycles. The van der Waals surface area contributed by atoms with Crippen molar-refractivity contribution in [3.05, 3.63) is 29.8 Å². The Kier molecular flexibility index (Phi) is 4.64. The largest absolute Gasteiger partial charge is 0.312 e. The Morgan fingerprint density at radius 1 is 1.38 bits per heavy atom. The summed E-state index contributed by atoms with van der Waals surface area (Å²) in [5.74, 6) is 0.606. The third kappa shape index (κ3) is 2.90. The summed E-state index contributed by atoms with van der Waals surface area (Å²) < 4.78 is 0. The molecule has 72 valence electrons. The maximum absolute atomic E-state index is 5.81. The van der Waals surface area contributed by atoms with Crippen molar-refractivity contribution in [1.29, 1.82) is 0 Å². The van der Waals surface area contributed by atoms with Crippen LogP contribution in [-0.4, -0.2) is 19.2 Å².